The second kappa shape index (κ2) is 19.1. The third-order valence-corrected chi connectivity index (χ3v) is 14.7. The number of carbonyl (C=O) groups excluding carboxylic acids is 7. The fourth-order valence-electron chi connectivity index (χ4n) is 11.4. The summed E-state index contributed by atoms with van der Waals surface area (Å²) >= 11 is 0. The fourth-order valence-corrected chi connectivity index (χ4v) is 11.4. The van der Waals surface area contributed by atoms with Crippen molar-refractivity contribution in [3.05, 3.63) is 82.9 Å². The first-order valence-electron chi connectivity index (χ1n) is 23.7. The van der Waals surface area contributed by atoms with Gasteiger partial charge in [0.25, 0.3) is 0 Å². The van der Waals surface area contributed by atoms with Crippen LogP contribution in [0.25, 0.3) is 0 Å². The average Bonchev–Trinajstić information content (AvgIpc) is 3.99. The Bertz CT molecular complexity index is 2320. The highest BCUT2D eigenvalue weighted by molar-refractivity contribution is 5.98. The van der Waals surface area contributed by atoms with E-state index in [2.05, 4.69) is 5.32 Å². The molecule has 16 nitrogen and oxygen atoms in total. The molecule has 1 spiro atoms. The number of unbranched alkanes of at least 4 members (excludes halogenated alkanes) is 3. The van der Waals surface area contributed by atoms with Crippen LogP contribution >= 0.6 is 0 Å². The Morgan fingerprint density at radius 3 is 2.13 bits per heavy atom. The highest BCUT2D eigenvalue weighted by atomic mass is 16.6. The molecule has 11 atom stereocenters. The number of aliphatic hydroxyl groups is 1. The van der Waals surface area contributed by atoms with Gasteiger partial charge in [-0.05, 0) is 81.7 Å². The van der Waals surface area contributed by atoms with Crippen LogP contribution in [-0.4, -0.2) is 101 Å². The molecule has 7 rings (SSSR count). The van der Waals surface area contributed by atoms with Crippen molar-refractivity contribution in [3.63, 3.8) is 0 Å². The molecule has 16 heteroatoms. The molecule has 1 amide bonds. The number of carbonyl (C=O) groups is 7. The fraction of sp³-hybridized carbons (Fsp3) is 0.596. The van der Waals surface area contributed by atoms with Crippen molar-refractivity contribution < 1.29 is 71.8 Å². The van der Waals surface area contributed by atoms with Gasteiger partial charge in [0.15, 0.2) is 17.5 Å². The molecule has 0 radical (unpaired) electrons. The molecule has 3 saturated carbocycles. The van der Waals surface area contributed by atoms with Crippen molar-refractivity contribution in [1.29, 1.82) is 0 Å². The lowest BCUT2D eigenvalue weighted by molar-refractivity contribution is -0.323. The third-order valence-electron chi connectivity index (χ3n) is 14.7. The maximum atomic E-state index is 15.7. The normalized spacial score (nSPS) is 30.7. The van der Waals surface area contributed by atoms with Crippen LogP contribution in [0.5, 0.6) is 0 Å². The molecule has 2 aromatic rings. The number of hydrogen-bond donors (Lipinski definition) is 2. The number of benzene rings is 2. The van der Waals surface area contributed by atoms with Gasteiger partial charge < -0.3 is 43.6 Å². The Labute approximate surface area is 397 Å². The Morgan fingerprint density at radius 1 is 0.882 bits per heavy atom. The summed E-state index contributed by atoms with van der Waals surface area (Å²) in [5, 5.41) is 16.6. The van der Waals surface area contributed by atoms with Crippen LogP contribution in [0.1, 0.15) is 136 Å². The summed E-state index contributed by atoms with van der Waals surface area (Å²) in [5.74, 6) is -6.38. The number of ketones is 1. The van der Waals surface area contributed by atoms with E-state index in [-0.39, 0.29) is 36.2 Å². The predicted octanol–water partition coefficient (Wildman–Crippen LogP) is 6.99. The number of fused-ring (bicyclic) bond motifs is 4. The molecular formula is C52H65NO15. The zero-order valence-electron chi connectivity index (χ0n) is 40.4. The third kappa shape index (κ3) is 9.29. The van der Waals surface area contributed by atoms with Crippen molar-refractivity contribution >= 4 is 41.7 Å². The smallest absolute Gasteiger partial charge is 0.408 e. The van der Waals surface area contributed by atoms with Gasteiger partial charge >= 0.3 is 35.9 Å². The summed E-state index contributed by atoms with van der Waals surface area (Å²) in [6.07, 6.45) is -5.21. The van der Waals surface area contributed by atoms with Crippen molar-refractivity contribution in [2.75, 3.05) is 6.61 Å². The lowest BCUT2D eigenvalue weighted by Gasteiger charge is -2.64. The standard InChI is InChI=1S/C52H65NO15/c1-10-11-12-19-24-37(56)65-41(39(32-20-15-13-16-21-32)53-47(60)68-48(5,6)7)46(59)64-35-27-52(61)44(66-45(58)33-22-17-14-18-23-33)42-50(26-34(50)25-36-51(42,28-62-36)67-31(4)55)43(57)40(63-30(3)54)38(29(35)2)49(52,8)9/h13-18,20-23,34-36,39-42,44,61H,10-12,19,24-28H2,1-9H3,(H,53,60)/t34-,35+,36-,39+,40-,41-,42+,44+,50-,51+,52-/m1/s1. The summed E-state index contributed by atoms with van der Waals surface area (Å²) in [6.45, 7) is 14.1. The molecule has 4 fully saturated rings. The summed E-state index contributed by atoms with van der Waals surface area (Å²) in [7, 11) is 0. The van der Waals surface area contributed by atoms with Crippen LogP contribution in [0.15, 0.2) is 71.8 Å². The minimum absolute atomic E-state index is 0.0439. The lowest BCUT2D eigenvalue weighted by atomic mass is 9.48. The SMILES string of the molecule is CCCCCCC(=O)O[C@@H](C(=O)O[C@H]1C[C@@]2(O)[C@@H](OC(=O)c3ccccc3)[C@@H]3[C@]4(OC(C)=O)CO[C@@H]4C[C@@H]4C[C@@]43C(=O)[C@H](OC(C)=O)C(=C1C)C2(C)C)[C@@H](NC(=O)OC(C)(C)C)c1ccccc1. The number of rotatable bonds is 15. The molecule has 1 heterocycles. The number of amides is 1. The van der Waals surface area contributed by atoms with E-state index in [9.17, 15) is 29.1 Å². The Morgan fingerprint density at radius 2 is 1.54 bits per heavy atom. The molecule has 68 heavy (non-hydrogen) atoms. The van der Waals surface area contributed by atoms with E-state index < -0.39 is 124 Å². The number of Topliss-reactive ketones (excluding diaryl/α,β-unsaturated/α-hetero) is 1. The molecule has 2 bridgehead atoms. The van der Waals surface area contributed by atoms with Gasteiger partial charge in [-0.2, -0.15) is 0 Å². The van der Waals surface area contributed by atoms with Crippen LogP contribution in [0.3, 0.4) is 0 Å². The van der Waals surface area contributed by atoms with Crippen molar-refractivity contribution in [2.45, 2.75) is 167 Å². The Balaban J connectivity index is 1.39. The molecule has 2 aromatic carbocycles. The number of esters is 5. The lowest BCUT2D eigenvalue weighted by Crippen LogP contribution is -2.78. The minimum Gasteiger partial charge on any atom is -0.455 e. The predicted molar refractivity (Wildman–Crippen MR) is 242 cm³/mol. The van der Waals surface area contributed by atoms with Gasteiger partial charge in [0, 0.05) is 37.5 Å². The van der Waals surface area contributed by atoms with Crippen molar-refractivity contribution in [1.82, 2.24) is 5.32 Å². The van der Waals surface area contributed by atoms with E-state index in [4.69, 9.17) is 33.2 Å². The van der Waals surface area contributed by atoms with Crippen LogP contribution in [-0.2, 0) is 57.1 Å². The van der Waals surface area contributed by atoms with Crippen LogP contribution in [0.4, 0.5) is 4.79 Å². The molecule has 1 saturated heterocycles. The number of alkyl carbamates (subject to hydrolysis) is 1. The van der Waals surface area contributed by atoms with Crippen LogP contribution in [0, 0.1) is 22.7 Å². The van der Waals surface area contributed by atoms with Crippen molar-refractivity contribution in [2.24, 2.45) is 22.7 Å². The molecule has 1 aliphatic heterocycles. The largest absolute Gasteiger partial charge is 0.455 e. The second-order valence-corrected chi connectivity index (χ2v) is 20.6. The van der Waals surface area contributed by atoms with E-state index >= 15 is 9.59 Å². The first-order valence-corrected chi connectivity index (χ1v) is 23.7. The zero-order valence-corrected chi connectivity index (χ0v) is 40.4. The van der Waals surface area contributed by atoms with E-state index in [1.54, 1.807) is 90.1 Å². The van der Waals surface area contributed by atoms with Gasteiger partial charge in [-0.3, -0.25) is 19.2 Å². The number of ether oxygens (including phenoxy) is 7. The highest BCUT2D eigenvalue weighted by Gasteiger charge is 2.84. The first kappa shape index (κ1) is 50.3. The Kier molecular flexibility index (Phi) is 14.1. The highest BCUT2D eigenvalue weighted by Crippen LogP contribution is 2.74. The van der Waals surface area contributed by atoms with Gasteiger partial charge in [0.05, 0.1) is 18.1 Å². The van der Waals surface area contributed by atoms with Gasteiger partial charge in [0.2, 0.25) is 6.10 Å². The summed E-state index contributed by atoms with van der Waals surface area (Å²) in [5.41, 5.74) is -6.97. The summed E-state index contributed by atoms with van der Waals surface area (Å²) < 4.78 is 42.8. The minimum atomic E-state index is -2.29. The van der Waals surface area contributed by atoms with Gasteiger partial charge in [0.1, 0.15) is 35.6 Å². The quantitative estimate of drug-likeness (QED) is 0.0796. The molecule has 4 aliphatic carbocycles. The van der Waals surface area contributed by atoms with Crippen LogP contribution < -0.4 is 5.32 Å². The molecule has 2 N–H and O–H groups in total. The summed E-state index contributed by atoms with van der Waals surface area (Å²) in [4.78, 5) is 98.7. The summed E-state index contributed by atoms with van der Waals surface area (Å²) in [6, 6.07) is 15.1. The number of nitrogens with one attached hydrogen (secondary N) is 1. The van der Waals surface area contributed by atoms with Crippen molar-refractivity contribution in [3.8, 4) is 0 Å². The van der Waals surface area contributed by atoms with E-state index in [0.717, 1.165) is 26.2 Å². The van der Waals surface area contributed by atoms with E-state index in [1.807, 2.05) is 6.92 Å². The van der Waals surface area contributed by atoms with Gasteiger partial charge in [-0.1, -0.05) is 88.6 Å². The molecule has 0 unspecified atom stereocenters. The molecule has 5 aliphatic rings. The zero-order chi connectivity index (χ0) is 49.6. The van der Waals surface area contributed by atoms with Gasteiger partial charge in [-0.15, -0.1) is 0 Å². The molecule has 368 valence electrons. The maximum absolute atomic E-state index is 15.7. The van der Waals surface area contributed by atoms with E-state index in [0.29, 0.717) is 18.4 Å². The van der Waals surface area contributed by atoms with Crippen LogP contribution in [0.2, 0.25) is 0 Å². The topological polar surface area (TPSA) is 216 Å². The average molecular weight is 944 g/mol. The molecule has 0 aromatic heterocycles. The number of hydrogen-bond acceptors (Lipinski definition) is 15. The second-order valence-electron chi connectivity index (χ2n) is 20.6. The molecular weight excluding hydrogens is 879 g/mol. The van der Waals surface area contributed by atoms with Gasteiger partial charge in [-0.25, -0.2) is 14.4 Å². The Hall–Kier alpha value is -5.61. The van der Waals surface area contributed by atoms with E-state index in [1.165, 1.54) is 19.1 Å². The monoisotopic (exact) mass is 943 g/mol. The first-order chi connectivity index (χ1) is 32.0. The maximum Gasteiger partial charge on any atom is 0.408 e.